The minimum Gasteiger partial charge on any atom is -0.326 e. The first-order valence-corrected chi connectivity index (χ1v) is 7.66. The Bertz CT molecular complexity index is 565. The fourth-order valence-corrected chi connectivity index (χ4v) is 2.63. The molecular formula is C12H17N3O3S. The van der Waals surface area contributed by atoms with E-state index in [-0.39, 0.29) is 16.7 Å². The van der Waals surface area contributed by atoms with Crippen molar-refractivity contribution in [3.63, 3.8) is 0 Å². The summed E-state index contributed by atoms with van der Waals surface area (Å²) in [5.41, 5.74) is 0.446. The Balaban J connectivity index is 2.08. The van der Waals surface area contributed by atoms with E-state index >= 15 is 0 Å². The molecule has 1 atom stereocenters. The topological polar surface area (TPSA) is 101 Å². The molecule has 2 rings (SSSR count). The van der Waals surface area contributed by atoms with Crippen LogP contribution in [0.5, 0.6) is 0 Å². The molecule has 0 aromatic heterocycles. The lowest BCUT2D eigenvalue weighted by Crippen LogP contribution is -2.37. The molecule has 1 fully saturated rings. The SMILES string of the molecule is NS(=O)(=O)c1cccc(NC(=O)C2CCCNC2)c1. The zero-order valence-corrected chi connectivity index (χ0v) is 11.2. The lowest BCUT2D eigenvalue weighted by atomic mass is 9.99. The maximum atomic E-state index is 12.0. The largest absolute Gasteiger partial charge is 0.326 e. The monoisotopic (exact) mass is 283 g/mol. The van der Waals surface area contributed by atoms with Crippen molar-refractivity contribution in [2.75, 3.05) is 18.4 Å². The van der Waals surface area contributed by atoms with E-state index in [1.54, 1.807) is 12.1 Å². The van der Waals surface area contributed by atoms with E-state index < -0.39 is 10.0 Å². The standard InChI is InChI=1S/C12H17N3O3S/c13-19(17,18)11-5-1-4-10(7-11)15-12(16)9-3-2-6-14-8-9/h1,4-5,7,9,14H,2-3,6,8H2,(H,15,16)(H2,13,17,18). The maximum absolute atomic E-state index is 12.0. The van der Waals surface area contributed by atoms with Gasteiger partial charge in [-0.1, -0.05) is 6.07 Å². The summed E-state index contributed by atoms with van der Waals surface area (Å²) in [6.07, 6.45) is 1.81. The van der Waals surface area contributed by atoms with Crippen LogP contribution in [0.15, 0.2) is 29.2 Å². The van der Waals surface area contributed by atoms with E-state index in [1.165, 1.54) is 12.1 Å². The number of hydrogen-bond acceptors (Lipinski definition) is 4. The molecule has 1 aliphatic rings. The molecule has 4 N–H and O–H groups in total. The zero-order valence-electron chi connectivity index (χ0n) is 10.4. The quantitative estimate of drug-likeness (QED) is 0.741. The van der Waals surface area contributed by atoms with Gasteiger partial charge < -0.3 is 10.6 Å². The molecule has 1 unspecified atom stereocenters. The van der Waals surface area contributed by atoms with Crippen molar-refractivity contribution in [2.45, 2.75) is 17.7 Å². The molecule has 0 aliphatic carbocycles. The van der Waals surface area contributed by atoms with Crippen molar-refractivity contribution in [1.29, 1.82) is 0 Å². The molecule has 7 heteroatoms. The van der Waals surface area contributed by atoms with Gasteiger partial charge in [0.1, 0.15) is 0 Å². The van der Waals surface area contributed by atoms with E-state index in [0.29, 0.717) is 12.2 Å². The minimum atomic E-state index is -3.75. The van der Waals surface area contributed by atoms with Crippen LogP contribution in [0.4, 0.5) is 5.69 Å². The Morgan fingerprint density at radius 3 is 2.84 bits per heavy atom. The highest BCUT2D eigenvalue weighted by molar-refractivity contribution is 7.89. The highest BCUT2D eigenvalue weighted by Gasteiger charge is 2.21. The third kappa shape index (κ3) is 3.76. The minimum absolute atomic E-state index is 0.00734. The van der Waals surface area contributed by atoms with Crippen LogP contribution in [0, 0.1) is 5.92 Å². The maximum Gasteiger partial charge on any atom is 0.238 e. The van der Waals surface area contributed by atoms with Gasteiger partial charge in [0, 0.05) is 12.2 Å². The summed E-state index contributed by atoms with van der Waals surface area (Å²) in [6.45, 7) is 1.59. The van der Waals surface area contributed by atoms with Crippen LogP contribution in [0.1, 0.15) is 12.8 Å². The van der Waals surface area contributed by atoms with Crippen LogP contribution in [0.3, 0.4) is 0 Å². The van der Waals surface area contributed by atoms with Crippen LogP contribution in [0.2, 0.25) is 0 Å². The molecule has 1 aliphatic heterocycles. The van der Waals surface area contributed by atoms with Gasteiger partial charge in [-0.05, 0) is 37.6 Å². The summed E-state index contributed by atoms with van der Waals surface area (Å²) in [5, 5.41) is 10.9. The molecule has 1 aromatic carbocycles. The number of amides is 1. The second-order valence-electron chi connectivity index (χ2n) is 4.61. The average Bonchev–Trinajstić information content (AvgIpc) is 2.39. The van der Waals surface area contributed by atoms with Crippen LogP contribution in [-0.2, 0) is 14.8 Å². The molecule has 0 radical (unpaired) electrons. The molecule has 19 heavy (non-hydrogen) atoms. The van der Waals surface area contributed by atoms with Gasteiger partial charge in [0.15, 0.2) is 0 Å². The molecule has 0 saturated carbocycles. The molecule has 1 saturated heterocycles. The molecule has 0 bridgehead atoms. The number of primary sulfonamides is 1. The number of hydrogen-bond donors (Lipinski definition) is 3. The Morgan fingerprint density at radius 1 is 1.42 bits per heavy atom. The van der Waals surface area contributed by atoms with Crippen LogP contribution < -0.4 is 15.8 Å². The number of sulfonamides is 1. The van der Waals surface area contributed by atoms with Gasteiger partial charge in [0.25, 0.3) is 0 Å². The number of piperidine rings is 1. The van der Waals surface area contributed by atoms with Crippen molar-refractivity contribution in [1.82, 2.24) is 5.32 Å². The second-order valence-corrected chi connectivity index (χ2v) is 6.17. The second kappa shape index (κ2) is 5.68. The third-order valence-electron chi connectivity index (χ3n) is 3.10. The van der Waals surface area contributed by atoms with Crippen molar-refractivity contribution < 1.29 is 13.2 Å². The van der Waals surface area contributed by atoms with Crippen molar-refractivity contribution in [3.8, 4) is 0 Å². The number of benzene rings is 1. The van der Waals surface area contributed by atoms with Gasteiger partial charge in [-0.25, -0.2) is 13.6 Å². The van der Waals surface area contributed by atoms with Gasteiger partial charge in [-0.15, -0.1) is 0 Å². The lowest BCUT2D eigenvalue weighted by molar-refractivity contribution is -0.120. The highest BCUT2D eigenvalue weighted by Crippen LogP contribution is 2.17. The highest BCUT2D eigenvalue weighted by atomic mass is 32.2. The Hall–Kier alpha value is -1.44. The Morgan fingerprint density at radius 2 is 2.21 bits per heavy atom. The van der Waals surface area contributed by atoms with Crippen LogP contribution in [-0.4, -0.2) is 27.4 Å². The first-order chi connectivity index (χ1) is 8.97. The summed E-state index contributed by atoms with van der Waals surface area (Å²) in [4.78, 5) is 12.0. The number of rotatable bonds is 3. The van der Waals surface area contributed by atoms with Gasteiger partial charge in [-0.2, -0.15) is 0 Å². The normalized spacial score (nSPS) is 19.9. The molecule has 1 amide bonds. The molecule has 1 aromatic rings. The Labute approximate surface area is 112 Å². The van der Waals surface area contributed by atoms with Gasteiger partial charge in [-0.3, -0.25) is 4.79 Å². The van der Waals surface area contributed by atoms with E-state index in [9.17, 15) is 13.2 Å². The fourth-order valence-electron chi connectivity index (χ4n) is 2.07. The number of anilines is 1. The molecule has 104 valence electrons. The third-order valence-corrected chi connectivity index (χ3v) is 4.01. The fraction of sp³-hybridized carbons (Fsp3) is 0.417. The summed E-state index contributed by atoms with van der Waals surface area (Å²) in [5.74, 6) is -0.175. The van der Waals surface area contributed by atoms with Crippen molar-refractivity contribution in [2.24, 2.45) is 11.1 Å². The zero-order chi connectivity index (χ0) is 13.9. The predicted octanol–water partition coefficient (Wildman–Crippen LogP) is 0.272. The molecule has 6 nitrogen and oxygen atoms in total. The Kier molecular flexibility index (Phi) is 4.18. The number of nitrogens with one attached hydrogen (secondary N) is 2. The summed E-state index contributed by atoms with van der Waals surface area (Å²) in [6, 6.07) is 5.95. The smallest absolute Gasteiger partial charge is 0.238 e. The lowest BCUT2D eigenvalue weighted by Gasteiger charge is -2.21. The molecule has 1 heterocycles. The average molecular weight is 283 g/mol. The predicted molar refractivity (Wildman–Crippen MR) is 72.0 cm³/mol. The number of nitrogens with two attached hydrogens (primary N) is 1. The molecule has 0 spiro atoms. The van der Waals surface area contributed by atoms with Crippen LogP contribution in [0.25, 0.3) is 0 Å². The number of carbonyl (C=O) groups excluding carboxylic acids is 1. The summed E-state index contributed by atoms with van der Waals surface area (Å²) < 4.78 is 22.5. The number of carbonyl (C=O) groups is 1. The van der Waals surface area contributed by atoms with E-state index in [2.05, 4.69) is 10.6 Å². The van der Waals surface area contributed by atoms with Gasteiger partial charge in [0.05, 0.1) is 10.8 Å². The van der Waals surface area contributed by atoms with E-state index in [1.807, 2.05) is 0 Å². The summed E-state index contributed by atoms with van der Waals surface area (Å²) >= 11 is 0. The van der Waals surface area contributed by atoms with E-state index in [0.717, 1.165) is 19.4 Å². The first kappa shape index (κ1) is 14.0. The van der Waals surface area contributed by atoms with Crippen molar-refractivity contribution >= 4 is 21.6 Å². The first-order valence-electron chi connectivity index (χ1n) is 6.11. The van der Waals surface area contributed by atoms with Gasteiger partial charge >= 0.3 is 0 Å². The van der Waals surface area contributed by atoms with E-state index in [4.69, 9.17) is 5.14 Å². The summed E-state index contributed by atoms with van der Waals surface area (Å²) in [7, 11) is -3.75. The van der Waals surface area contributed by atoms with Crippen LogP contribution >= 0.6 is 0 Å². The van der Waals surface area contributed by atoms with Crippen molar-refractivity contribution in [3.05, 3.63) is 24.3 Å². The van der Waals surface area contributed by atoms with Gasteiger partial charge in [0.2, 0.25) is 15.9 Å². The molecular weight excluding hydrogens is 266 g/mol.